The van der Waals surface area contributed by atoms with Gasteiger partial charge in [-0.15, -0.1) is 0 Å². The van der Waals surface area contributed by atoms with Crippen molar-refractivity contribution >= 4 is 11.9 Å². The summed E-state index contributed by atoms with van der Waals surface area (Å²) in [7, 11) is 0. The van der Waals surface area contributed by atoms with Crippen molar-refractivity contribution in [3.8, 4) is 0 Å². The Morgan fingerprint density at radius 3 is 0.984 bits per heavy atom. The van der Waals surface area contributed by atoms with Crippen LogP contribution in [0.3, 0.4) is 0 Å². The standard InChI is InChI=1S/C56H111NO5/c1-3-5-7-9-11-13-15-17-18-19-20-21-22-23-24-25-28-32-36-40-44-48-54(59)53(52-58)57-55(60)49-45-41-37-33-29-26-27-31-35-39-43-47-51-62-56(61)50-46-42-38-34-30-16-14-12-10-8-6-4-2/h53-54,58-59H,3-52H2,1-2H3,(H,57,60). The molecule has 0 aromatic heterocycles. The quantitative estimate of drug-likeness (QED) is 0.0418. The second-order valence-corrected chi connectivity index (χ2v) is 19.6. The molecule has 0 bridgehead atoms. The van der Waals surface area contributed by atoms with Gasteiger partial charge < -0.3 is 20.3 Å². The number of carbonyl (C=O) groups is 2. The summed E-state index contributed by atoms with van der Waals surface area (Å²) in [6.45, 7) is 4.94. The molecule has 0 saturated carbocycles. The summed E-state index contributed by atoms with van der Waals surface area (Å²) in [6.07, 6.45) is 59.4. The van der Waals surface area contributed by atoms with Crippen LogP contribution in [0.2, 0.25) is 0 Å². The lowest BCUT2D eigenvalue weighted by Gasteiger charge is -2.22. The van der Waals surface area contributed by atoms with Crippen molar-refractivity contribution < 1.29 is 24.5 Å². The molecule has 370 valence electrons. The van der Waals surface area contributed by atoms with Crippen LogP contribution in [0.25, 0.3) is 0 Å². The van der Waals surface area contributed by atoms with E-state index >= 15 is 0 Å². The minimum absolute atomic E-state index is 0.00724. The highest BCUT2D eigenvalue weighted by molar-refractivity contribution is 5.76. The Kier molecular flexibility index (Phi) is 51.5. The lowest BCUT2D eigenvalue weighted by molar-refractivity contribution is -0.143. The van der Waals surface area contributed by atoms with E-state index in [0.717, 1.165) is 57.8 Å². The number of aliphatic hydroxyl groups excluding tert-OH is 2. The van der Waals surface area contributed by atoms with Gasteiger partial charge in [-0.2, -0.15) is 0 Å². The number of nitrogens with one attached hydrogen (secondary N) is 1. The molecule has 6 nitrogen and oxygen atoms in total. The van der Waals surface area contributed by atoms with E-state index in [1.54, 1.807) is 0 Å². The molecule has 0 aromatic carbocycles. The fourth-order valence-electron chi connectivity index (χ4n) is 9.05. The Balaban J connectivity index is 3.44. The number of unbranched alkanes of at least 4 members (excludes halogenated alkanes) is 42. The average molecular weight is 879 g/mol. The zero-order valence-electron chi connectivity index (χ0n) is 42.1. The molecule has 0 saturated heterocycles. The summed E-state index contributed by atoms with van der Waals surface area (Å²) in [5.41, 5.74) is 0. The van der Waals surface area contributed by atoms with E-state index in [1.807, 2.05) is 0 Å². The zero-order valence-corrected chi connectivity index (χ0v) is 42.1. The number of carbonyl (C=O) groups excluding carboxylic acids is 2. The summed E-state index contributed by atoms with van der Waals surface area (Å²) < 4.78 is 5.46. The Bertz CT molecular complexity index is 882. The van der Waals surface area contributed by atoms with Crippen molar-refractivity contribution in [2.45, 2.75) is 334 Å². The molecule has 0 aliphatic rings. The van der Waals surface area contributed by atoms with Gasteiger partial charge in [-0.3, -0.25) is 9.59 Å². The van der Waals surface area contributed by atoms with Crippen molar-refractivity contribution in [3.05, 3.63) is 0 Å². The molecule has 0 aliphatic carbocycles. The zero-order chi connectivity index (χ0) is 45.1. The number of hydrogen-bond acceptors (Lipinski definition) is 5. The maximum absolute atomic E-state index is 12.5. The van der Waals surface area contributed by atoms with Crippen LogP contribution in [-0.4, -0.2) is 47.4 Å². The van der Waals surface area contributed by atoms with Crippen LogP contribution < -0.4 is 5.32 Å². The molecule has 0 aliphatic heterocycles. The van der Waals surface area contributed by atoms with Gasteiger partial charge in [-0.1, -0.05) is 284 Å². The predicted molar refractivity (Wildman–Crippen MR) is 269 cm³/mol. The molecule has 0 radical (unpaired) electrons. The van der Waals surface area contributed by atoms with Crippen LogP contribution in [0.1, 0.15) is 322 Å². The maximum Gasteiger partial charge on any atom is 0.305 e. The largest absolute Gasteiger partial charge is 0.466 e. The van der Waals surface area contributed by atoms with E-state index in [-0.39, 0.29) is 18.5 Å². The highest BCUT2D eigenvalue weighted by atomic mass is 16.5. The predicted octanol–water partition coefficient (Wildman–Crippen LogP) is 17.1. The lowest BCUT2D eigenvalue weighted by Crippen LogP contribution is -2.45. The SMILES string of the molecule is CCCCCCCCCCCCCCCCCCCCCCCC(O)C(CO)NC(=O)CCCCCCCCCCCCCCOC(=O)CCCCCCCCCCCCCC. The van der Waals surface area contributed by atoms with Gasteiger partial charge in [0.25, 0.3) is 0 Å². The molecule has 0 fully saturated rings. The Hall–Kier alpha value is -1.14. The third kappa shape index (κ3) is 48.3. The van der Waals surface area contributed by atoms with E-state index in [4.69, 9.17) is 4.74 Å². The fourth-order valence-corrected chi connectivity index (χ4v) is 9.05. The van der Waals surface area contributed by atoms with Crippen LogP contribution >= 0.6 is 0 Å². The molecular weight excluding hydrogens is 767 g/mol. The fraction of sp³-hybridized carbons (Fsp3) is 0.964. The Morgan fingerprint density at radius 2 is 0.661 bits per heavy atom. The van der Waals surface area contributed by atoms with Crippen LogP contribution in [0.15, 0.2) is 0 Å². The second-order valence-electron chi connectivity index (χ2n) is 19.6. The number of hydrogen-bond donors (Lipinski definition) is 3. The normalized spacial score (nSPS) is 12.5. The van der Waals surface area contributed by atoms with Gasteiger partial charge in [0, 0.05) is 12.8 Å². The molecule has 0 aromatic rings. The van der Waals surface area contributed by atoms with Gasteiger partial charge in [-0.05, 0) is 25.7 Å². The minimum Gasteiger partial charge on any atom is -0.466 e. The summed E-state index contributed by atoms with van der Waals surface area (Å²) in [6, 6.07) is -0.552. The van der Waals surface area contributed by atoms with Crippen molar-refractivity contribution in [1.82, 2.24) is 5.32 Å². The molecule has 3 N–H and O–H groups in total. The number of esters is 1. The van der Waals surface area contributed by atoms with Gasteiger partial charge in [0.15, 0.2) is 0 Å². The van der Waals surface area contributed by atoms with Crippen LogP contribution in [0.4, 0.5) is 0 Å². The van der Waals surface area contributed by atoms with Crippen LogP contribution in [0.5, 0.6) is 0 Å². The van der Waals surface area contributed by atoms with E-state index in [1.165, 1.54) is 231 Å². The van der Waals surface area contributed by atoms with E-state index in [0.29, 0.717) is 25.9 Å². The molecular formula is C56H111NO5. The number of aliphatic hydroxyl groups is 2. The topological polar surface area (TPSA) is 95.9 Å². The molecule has 0 spiro atoms. The number of amides is 1. The first-order chi connectivity index (χ1) is 30.5. The highest BCUT2D eigenvalue weighted by Crippen LogP contribution is 2.18. The lowest BCUT2D eigenvalue weighted by atomic mass is 10.0. The third-order valence-corrected chi connectivity index (χ3v) is 13.4. The summed E-state index contributed by atoms with van der Waals surface area (Å²) >= 11 is 0. The summed E-state index contributed by atoms with van der Waals surface area (Å²) in [5.74, 6) is -0.0537. The summed E-state index contributed by atoms with van der Waals surface area (Å²) in [5, 5.41) is 23.3. The molecule has 2 unspecified atom stereocenters. The first kappa shape index (κ1) is 60.9. The molecule has 0 heterocycles. The van der Waals surface area contributed by atoms with Crippen LogP contribution in [0, 0.1) is 0 Å². The first-order valence-corrected chi connectivity index (χ1v) is 28.3. The smallest absolute Gasteiger partial charge is 0.305 e. The monoisotopic (exact) mass is 878 g/mol. The maximum atomic E-state index is 12.5. The van der Waals surface area contributed by atoms with E-state index in [2.05, 4.69) is 19.2 Å². The van der Waals surface area contributed by atoms with E-state index in [9.17, 15) is 19.8 Å². The number of rotatable bonds is 53. The minimum atomic E-state index is -0.673. The van der Waals surface area contributed by atoms with Gasteiger partial charge in [0.2, 0.25) is 5.91 Å². The number of ether oxygens (including phenoxy) is 1. The van der Waals surface area contributed by atoms with Crippen molar-refractivity contribution in [2.24, 2.45) is 0 Å². The Morgan fingerprint density at radius 1 is 0.387 bits per heavy atom. The molecule has 6 heteroatoms. The van der Waals surface area contributed by atoms with Gasteiger partial charge >= 0.3 is 5.97 Å². The van der Waals surface area contributed by atoms with Gasteiger partial charge in [-0.25, -0.2) is 0 Å². The van der Waals surface area contributed by atoms with E-state index < -0.39 is 12.1 Å². The Labute approximate surface area is 387 Å². The van der Waals surface area contributed by atoms with Gasteiger partial charge in [0.05, 0.1) is 25.4 Å². The van der Waals surface area contributed by atoms with Gasteiger partial charge in [0.1, 0.15) is 0 Å². The van der Waals surface area contributed by atoms with Crippen molar-refractivity contribution in [2.75, 3.05) is 13.2 Å². The molecule has 0 rings (SSSR count). The molecule has 62 heavy (non-hydrogen) atoms. The van der Waals surface area contributed by atoms with Crippen LogP contribution in [-0.2, 0) is 14.3 Å². The molecule has 2 atom stereocenters. The summed E-state index contributed by atoms with van der Waals surface area (Å²) in [4.78, 5) is 24.5. The average Bonchev–Trinajstić information content (AvgIpc) is 3.27. The van der Waals surface area contributed by atoms with Crippen molar-refractivity contribution in [1.29, 1.82) is 0 Å². The third-order valence-electron chi connectivity index (χ3n) is 13.4. The first-order valence-electron chi connectivity index (χ1n) is 28.3. The molecule has 1 amide bonds. The van der Waals surface area contributed by atoms with Crippen molar-refractivity contribution in [3.63, 3.8) is 0 Å². The highest BCUT2D eigenvalue weighted by Gasteiger charge is 2.20. The second kappa shape index (κ2) is 52.5.